The number of ether oxygens (including phenoxy) is 1. The van der Waals surface area contributed by atoms with Crippen LogP contribution in [0.1, 0.15) is 0 Å². The van der Waals surface area contributed by atoms with Crippen LogP contribution in [0.15, 0.2) is 18.3 Å². The molecule has 0 spiro atoms. The molecule has 0 aliphatic carbocycles. The SMILES string of the molecule is COC(=O)Nc1ccc(F)nc1. The molecule has 0 atom stereocenters. The average molecular weight is 170 g/mol. The molecular formula is C7H7FN2O2. The van der Waals surface area contributed by atoms with Crippen molar-refractivity contribution in [2.45, 2.75) is 0 Å². The smallest absolute Gasteiger partial charge is 0.411 e. The number of halogens is 1. The molecule has 0 bridgehead atoms. The number of nitrogens with zero attached hydrogens (tertiary/aromatic N) is 1. The van der Waals surface area contributed by atoms with Gasteiger partial charge in [0.15, 0.2) is 0 Å². The quantitative estimate of drug-likeness (QED) is 0.648. The maximum atomic E-state index is 12.3. The summed E-state index contributed by atoms with van der Waals surface area (Å²) < 4.78 is 16.6. The van der Waals surface area contributed by atoms with Crippen LogP contribution in [0.3, 0.4) is 0 Å². The fraction of sp³-hybridized carbons (Fsp3) is 0.143. The molecular weight excluding hydrogens is 163 g/mol. The molecule has 0 unspecified atom stereocenters. The monoisotopic (exact) mass is 170 g/mol. The third kappa shape index (κ3) is 2.19. The van der Waals surface area contributed by atoms with E-state index < -0.39 is 12.0 Å². The van der Waals surface area contributed by atoms with Gasteiger partial charge in [0.25, 0.3) is 0 Å². The number of nitrogens with one attached hydrogen (secondary N) is 1. The zero-order valence-electron chi connectivity index (χ0n) is 6.37. The van der Waals surface area contributed by atoms with Crippen molar-refractivity contribution in [2.24, 2.45) is 0 Å². The predicted molar refractivity (Wildman–Crippen MR) is 40.2 cm³/mol. The van der Waals surface area contributed by atoms with Crippen molar-refractivity contribution in [1.29, 1.82) is 0 Å². The van der Waals surface area contributed by atoms with Crippen LogP contribution in [-0.4, -0.2) is 18.2 Å². The summed E-state index contributed by atoms with van der Waals surface area (Å²) in [7, 11) is 1.24. The van der Waals surface area contributed by atoms with E-state index >= 15 is 0 Å². The first-order valence-electron chi connectivity index (χ1n) is 3.19. The van der Waals surface area contributed by atoms with Gasteiger partial charge < -0.3 is 4.74 Å². The second-order valence-corrected chi connectivity index (χ2v) is 1.99. The van der Waals surface area contributed by atoms with E-state index in [2.05, 4.69) is 15.0 Å². The first-order chi connectivity index (χ1) is 5.72. The number of rotatable bonds is 1. The highest BCUT2D eigenvalue weighted by Crippen LogP contribution is 2.04. The van der Waals surface area contributed by atoms with Crippen LogP contribution in [-0.2, 0) is 4.74 Å². The van der Waals surface area contributed by atoms with Crippen LogP contribution < -0.4 is 5.32 Å². The van der Waals surface area contributed by atoms with Crippen LogP contribution in [0.2, 0.25) is 0 Å². The molecule has 4 nitrogen and oxygen atoms in total. The number of carbonyl (C=O) groups excluding carboxylic acids is 1. The highest BCUT2D eigenvalue weighted by Gasteiger charge is 1.99. The van der Waals surface area contributed by atoms with Gasteiger partial charge in [0.2, 0.25) is 5.95 Å². The van der Waals surface area contributed by atoms with Gasteiger partial charge in [-0.05, 0) is 12.1 Å². The largest absolute Gasteiger partial charge is 0.453 e. The lowest BCUT2D eigenvalue weighted by molar-refractivity contribution is 0.187. The van der Waals surface area contributed by atoms with Crippen molar-refractivity contribution in [3.8, 4) is 0 Å². The zero-order valence-corrected chi connectivity index (χ0v) is 6.37. The molecule has 0 saturated heterocycles. The molecule has 12 heavy (non-hydrogen) atoms. The lowest BCUT2D eigenvalue weighted by atomic mass is 10.4. The summed E-state index contributed by atoms with van der Waals surface area (Å²) in [6.45, 7) is 0. The standard InChI is InChI=1S/C7H7FN2O2/c1-12-7(11)10-5-2-3-6(8)9-4-5/h2-4H,1H3,(H,10,11). The summed E-state index contributed by atoms with van der Waals surface area (Å²) in [5, 5.41) is 2.33. The number of carbonyl (C=O) groups is 1. The molecule has 1 aromatic heterocycles. The van der Waals surface area contributed by atoms with Gasteiger partial charge in [0.1, 0.15) is 0 Å². The van der Waals surface area contributed by atoms with E-state index in [9.17, 15) is 9.18 Å². The first kappa shape index (κ1) is 8.45. The van der Waals surface area contributed by atoms with Crippen LogP contribution in [0.25, 0.3) is 0 Å². The van der Waals surface area contributed by atoms with Gasteiger partial charge in [-0.2, -0.15) is 4.39 Å². The normalized spacial score (nSPS) is 9.17. The van der Waals surface area contributed by atoms with Crippen molar-refractivity contribution in [3.63, 3.8) is 0 Å². The molecule has 1 heterocycles. The summed E-state index contributed by atoms with van der Waals surface area (Å²) in [5.74, 6) is -0.592. The number of aromatic nitrogens is 1. The fourth-order valence-corrected chi connectivity index (χ4v) is 0.619. The molecule has 0 aliphatic heterocycles. The Bertz CT molecular complexity index is 273. The second kappa shape index (κ2) is 3.66. The highest BCUT2D eigenvalue weighted by atomic mass is 19.1. The fourth-order valence-electron chi connectivity index (χ4n) is 0.619. The van der Waals surface area contributed by atoms with Crippen LogP contribution >= 0.6 is 0 Å². The second-order valence-electron chi connectivity index (χ2n) is 1.99. The number of pyridine rings is 1. The van der Waals surface area contributed by atoms with Gasteiger partial charge in [-0.3, -0.25) is 5.32 Å². The predicted octanol–water partition coefficient (Wildman–Crippen LogP) is 1.40. The Labute approximate surface area is 68.4 Å². The number of methoxy groups -OCH3 is 1. The third-order valence-corrected chi connectivity index (χ3v) is 1.16. The summed E-state index contributed by atoms with van der Waals surface area (Å²) in [4.78, 5) is 13.9. The molecule has 1 rings (SSSR count). The Morgan fingerprint density at radius 2 is 2.42 bits per heavy atom. The van der Waals surface area contributed by atoms with Gasteiger partial charge in [0.05, 0.1) is 19.0 Å². The van der Waals surface area contributed by atoms with E-state index in [-0.39, 0.29) is 0 Å². The Balaban J connectivity index is 2.64. The summed E-state index contributed by atoms with van der Waals surface area (Å²) in [5.41, 5.74) is 0.392. The van der Waals surface area contributed by atoms with Gasteiger partial charge in [-0.15, -0.1) is 0 Å². The Morgan fingerprint density at radius 3 is 2.92 bits per heavy atom. The van der Waals surface area contributed by atoms with Crippen molar-refractivity contribution in [1.82, 2.24) is 4.98 Å². The molecule has 64 valence electrons. The molecule has 5 heteroatoms. The number of hydrogen-bond acceptors (Lipinski definition) is 3. The summed E-state index contributed by atoms with van der Waals surface area (Å²) in [6, 6.07) is 2.53. The Hall–Kier alpha value is -1.65. The zero-order chi connectivity index (χ0) is 8.97. The van der Waals surface area contributed by atoms with E-state index in [1.165, 1.54) is 19.4 Å². The minimum absolute atomic E-state index is 0.392. The molecule has 0 aromatic carbocycles. The van der Waals surface area contributed by atoms with Gasteiger partial charge in [0, 0.05) is 0 Å². The molecule has 1 amide bonds. The summed E-state index contributed by atoms with van der Waals surface area (Å²) >= 11 is 0. The topological polar surface area (TPSA) is 51.2 Å². The van der Waals surface area contributed by atoms with E-state index in [0.717, 1.165) is 6.07 Å². The molecule has 0 saturated carbocycles. The van der Waals surface area contributed by atoms with E-state index in [0.29, 0.717) is 5.69 Å². The maximum absolute atomic E-state index is 12.3. The van der Waals surface area contributed by atoms with Gasteiger partial charge in [-0.1, -0.05) is 0 Å². The minimum atomic E-state index is -0.608. The van der Waals surface area contributed by atoms with Gasteiger partial charge in [-0.25, -0.2) is 9.78 Å². The number of amides is 1. The molecule has 0 radical (unpaired) electrons. The van der Waals surface area contributed by atoms with Crippen molar-refractivity contribution < 1.29 is 13.9 Å². The van der Waals surface area contributed by atoms with E-state index in [1.807, 2.05) is 0 Å². The lowest BCUT2D eigenvalue weighted by Crippen LogP contribution is -2.10. The molecule has 1 N–H and O–H groups in total. The lowest BCUT2D eigenvalue weighted by Gasteiger charge is -2.01. The van der Waals surface area contributed by atoms with Crippen LogP contribution in [0, 0.1) is 5.95 Å². The van der Waals surface area contributed by atoms with Crippen LogP contribution in [0.5, 0.6) is 0 Å². The highest BCUT2D eigenvalue weighted by molar-refractivity contribution is 5.84. The minimum Gasteiger partial charge on any atom is -0.453 e. The maximum Gasteiger partial charge on any atom is 0.411 e. The summed E-state index contributed by atoms with van der Waals surface area (Å²) in [6.07, 6.45) is 0.593. The van der Waals surface area contributed by atoms with Crippen molar-refractivity contribution in [3.05, 3.63) is 24.3 Å². The Kier molecular flexibility index (Phi) is 2.57. The van der Waals surface area contributed by atoms with E-state index in [1.54, 1.807) is 0 Å². The van der Waals surface area contributed by atoms with Gasteiger partial charge >= 0.3 is 6.09 Å². The number of anilines is 1. The molecule has 0 aliphatic rings. The van der Waals surface area contributed by atoms with Crippen molar-refractivity contribution in [2.75, 3.05) is 12.4 Å². The average Bonchev–Trinajstić information content (AvgIpc) is 2.09. The molecule has 0 fully saturated rings. The Morgan fingerprint density at radius 1 is 1.67 bits per heavy atom. The van der Waals surface area contributed by atoms with E-state index in [4.69, 9.17) is 0 Å². The van der Waals surface area contributed by atoms with Crippen LogP contribution in [0.4, 0.5) is 14.9 Å². The van der Waals surface area contributed by atoms with Crippen molar-refractivity contribution >= 4 is 11.8 Å². The first-order valence-corrected chi connectivity index (χ1v) is 3.19. The third-order valence-electron chi connectivity index (χ3n) is 1.16. The number of hydrogen-bond donors (Lipinski definition) is 1. The molecule has 1 aromatic rings.